The van der Waals surface area contributed by atoms with Crippen LogP contribution in [0.5, 0.6) is 0 Å². The van der Waals surface area contributed by atoms with Crippen LogP contribution in [0.3, 0.4) is 0 Å². The highest BCUT2D eigenvalue weighted by atomic mass is 32.2. The fourth-order valence-corrected chi connectivity index (χ4v) is 5.23. The summed E-state index contributed by atoms with van der Waals surface area (Å²) in [6.45, 7) is 4.25. The molecule has 3 rings (SSSR count). The Morgan fingerprint density at radius 1 is 1.17 bits per heavy atom. The fourth-order valence-electron chi connectivity index (χ4n) is 2.91. The molecule has 1 aliphatic rings. The molecule has 0 fully saturated rings. The molecular weight excluding hydrogens is 408 g/mol. The van der Waals surface area contributed by atoms with Crippen LogP contribution in [0.4, 0.5) is 5.69 Å². The molecule has 6 nitrogen and oxygen atoms in total. The number of nitrogens with one attached hydrogen (secondary N) is 2. The topological polar surface area (TPSA) is 92.3 Å². The Morgan fingerprint density at radius 2 is 1.90 bits per heavy atom. The van der Waals surface area contributed by atoms with Gasteiger partial charge in [0.25, 0.3) is 0 Å². The van der Waals surface area contributed by atoms with Gasteiger partial charge in [0, 0.05) is 17.9 Å². The van der Waals surface area contributed by atoms with Gasteiger partial charge in [0.15, 0.2) is 9.84 Å². The van der Waals surface area contributed by atoms with E-state index in [9.17, 15) is 18.0 Å². The first-order valence-electron chi connectivity index (χ1n) is 9.41. The molecule has 154 valence electrons. The fraction of sp³-hybridized carbons (Fsp3) is 0.333. The maximum atomic E-state index is 12.6. The Balaban J connectivity index is 1.53. The zero-order valence-electron chi connectivity index (χ0n) is 16.4. The molecule has 0 radical (unpaired) electrons. The minimum atomic E-state index is -3.59. The van der Waals surface area contributed by atoms with E-state index in [0.717, 1.165) is 10.5 Å². The van der Waals surface area contributed by atoms with E-state index in [1.165, 1.54) is 23.4 Å². The van der Waals surface area contributed by atoms with Crippen LogP contribution in [0.2, 0.25) is 0 Å². The van der Waals surface area contributed by atoms with Crippen molar-refractivity contribution in [1.82, 2.24) is 5.32 Å². The number of benzene rings is 2. The smallest absolute Gasteiger partial charge is 0.237 e. The number of carbonyl (C=O) groups excluding carboxylic acids is 2. The van der Waals surface area contributed by atoms with Gasteiger partial charge >= 0.3 is 0 Å². The van der Waals surface area contributed by atoms with E-state index in [2.05, 4.69) is 10.6 Å². The number of hydrogen-bond donors (Lipinski definition) is 2. The Hall–Kier alpha value is -2.32. The van der Waals surface area contributed by atoms with Gasteiger partial charge in [-0.05, 0) is 44.0 Å². The summed E-state index contributed by atoms with van der Waals surface area (Å²) in [4.78, 5) is 24.7. The summed E-state index contributed by atoms with van der Waals surface area (Å²) in [5, 5.41) is 5.26. The monoisotopic (exact) mass is 432 g/mol. The molecule has 8 heteroatoms. The molecule has 29 heavy (non-hydrogen) atoms. The second-order valence-electron chi connectivity index (χ2n) is 7.06. The van der Waals surface area contributed by atoms with Crippen LogP contribution in [0.25, 0.3) is 0 Å². The number of amides is 2. The van der Waals surface area contributed by atoms with Crippen LogP contribution < -0.4 is 10.6 Å². The number of carbonyl (C=O) groups is 2. The third kappa shape index (κ3) is 5.61. The van der Waals surface area contributed by atoms with Crippen LogP contribution >= 0.6 is 11.8 Å². The molecule has 2 amide bonds. The van der Waals surface area contributed by atoms with Gasteiger partial charge in [-0.2, -0.15) is 0 Å². The van der Waals surface area contributed by atoms with Crippen molar-refractivity contribution in [1.29, 1.82) is 0 Å². The van der Waals surface area contributed by atoms with Crippen molar-refractivity contribution in [3.63, 3.8) is 0 Å². The van der Waals surface area contributed by atoms with Crippen LogP contribution in [0.15, 0.2) is 52.3 Å². The minimum Gasteiger partial charge on any atom is -0.356 e. The number of thioether (sulfide) groups is 1. The molecule has 0 saturated heterocycles. The van der Waals surface area contributed by atoms with E-state index in [0.29, 0.717) is 18.7 Å². The number of sulfone groups is 1. The number of rotatable bonds is 7. The maximum Gasteiger partial charge on any atom is 0.237 e. The second kappa shape index (κ2) is 9.00. The SMILES string of the molecule is Cc1ccc(CCNC(=O)CCS(=O)(=O)c2ccc3c(c2)SC(C)C(=O)N3)cc1. The van der Waals surface area contributed by atoms with Gasteiger partial charge in [-0.15, -0.1) is 11.8 Å². The quantitative estimate of drug-likeness (QED) is 0.702. The van der Waals surface area contributed by atoms with Crippen LogP contribution in [-0.4, -0.2) is 37.8 Å². The molecule has 0 saturated carbocycles. The maximum absolute atomic E-state index is 12.6. The van der Waals surface area contributed by atoms with Crippen molar-refractivity contribution in [3.05, 3.63) is 53.6 Å². The largest absolute Gasteiger partial charge is 0.356 e. The molecule has 0 bridgehead atoms. The van der Waals surface area contributed by atoms with Gasteiger partial charge in [0.2, 0.25) is 11.8 Å². The normalized spacial score (nSPS) is 16.1. The van der Waals surface area contributed by atoms with Crippen molar-refractivity contribution in [3.8, 4) is 0 Å². The molecule has 1 atom stereocenters. The Bertz CT molecular complexity index is 1020. The molecule has 2 aromatic carbocycles. The van der Waals surface area contributed by atoms with E-state index < -0.39 is 9.84 Å². The van der Waals surface area contributed by atoms with Crippen LogP contribution in [-0.2, 0) is 25.8 Å². The first kappa shape index (κ1) is 21.4. The molecule has 0 aliphatic carbocycles. The van der Waals surface area contributed by atoms with Crippen molar-refractivity contribution >= 4 is 39.1 Å². The highest BCUT2D eigenvalue weighted by Gasteiger charge is 2.25. The van der Waals surface area contributed by atoms with E-state index in [4.69, 9.17) is 0 Å². The van der Waals surface area contributed by atoms with Crippen molar-refractivity contribution in [2.24, 2.45) is 0 Å². The van der Waals surface area contributed by atoms with E-state index in [1.54, 1.807) is 19.1 Å². The molecule has 2 N–H and O–H groups in total. The highest BCUT2D eigenvalue weighted by molar-refractivity contribution is 8.01. The predicted octanol–water partition coefficient (Wildman–Crippen LogP) is 2.95. The number of hydrogen-bond acceptors (Lipinski definition) is 5. The Labute approximate surface area is 175 Å². The summed E-state index contributed by atoms with van der Waals surface area (Å²) in [6.07, 6.45) is 0.609. The van der Waals surface area contributed by atoms with Crippen molar-refractivity contribution in [2.45, 2.75) is 41.7 Å². The minimum absolute atomic E-state index is 0.0897. The molecule has 2 aromatic rings. The van der Waals surface area contributed by atoms with E-state index >= 15 is 0 Å². The molecule has 0 spiro atoms. The van der Waals surface area contributed by atoms with Gasteiger partial charge in [-0.1, -0.05) is 29.8 Å². The van der Waals surface area contributed by atoms with E-state index in [1.807, 2.05) is 31.2 Å². The molecule has 1 aliphatic heterocycles. The summed E-state index contributed by atoms with van der Waals surface area (Å²) < 4.78 is 25.2. The Morgan fingerprint density at radius 3 is 2.62 bits per heavy atom. The lowest BCUT2D eigenvalue weighted by molar-refractivity contribution is -0.120. The molecule has 1 heterocycles. The number of fused-ring (bicyclic) bond motifs is 1. The number of aryl methyl sites for hydroxylation is 1. The van der Waals surface area contributed by atoms with Gasteiger partial charge < -0.3 is 10.6 Å². The zero-order valence-corrected chi connectivity index (χ0v) is 18.0. The van der Waals surface area contributed by atoms with Crippen LogP contribution in [0, 0.1) is 6.92 Å². The lowest BCUT2D eigenvalue weighted by atomic mass is 10.1. The average Bonchev–Trinajstić information content (AvgIpc) is 2.68. The van der Waals surface area contributed by atoms with Gasteiger partial charge in [-0.25, -0.2) is 8.42 Å². The van der Waals surface area contributed by atoms with Gasteiger partial charge in [0.05, 0.1) is 21.6 Å². The lowest BCUT2D eigenvalue weighted by Gasteiger charge is -2.21. The first-order valence-corrected chi connectivity index (χ1v) is 11.9. The second-order valence-corrected chi connectivity index (χ2v) is 10.6. The molecular formula is C21H24N2O4S2. The summed E-state index contributed by atoms with van der Waals surface area (Å²) in [6, 6.07) is 12.7. The van der Waals surface area contributed by atoms with Gasteiger partial charge in [-0.3, -0.25) is 9.59 Å². The molecule has 1 unspecified atom stereocenters. The third-order valence-electron chi connectivity index (χ3n) is 4.70. The third-order valence-corrected chi connectivity index (χ3v) is 7.57. The first-order chi connectivity index (χ1) is 13.7. The molecule has 0 aromatic heterocycles. The van der Waals surface area contributed by atoms with E-state index in [-0.39, 0.29) is 34.1 Å². The summed E-state index contributed by atoms with van der Waals surface area (Å²) in [5.74, 6) is -0.635. The van der Waals surface area contributed by atoms with Crippen LogP contribution in [0.1, 0.15) is 24.5 Å². The highest BCUT2D eigenvalue weighted by Crippen LogP contribution is 2.37. The standard InChI is InChI=1S/C21H24N2O4S2/c1-14-3-5-16(6-4-14)9-11-22-20(24)10-12-29(26,27)17-7-8-18-19(13-17)28-15(2)21(25)23-18/h3-8,13,15H,9-12H2,1-2H3,(H,22,24)(H,23,25). The summed E-state index contributed by atoms with van der Waals surface area (Å²) in [5.41, 5.74) is 2.92. The Kier molecular flexibility index (Phi) is 6.64. The van der Waals surface area contributed by atoms with Crippen molar-refractivity contribution in [2.75, 3.05) is 17.6 Å². The lowest BCUT2D eigenvalue weighted by Crippen LogP contribution is -2.28. The predicted molar refractivity (Wildman–Crippen MR) is 115 cm³/mol. The van der Waals surface area contributed by atoms with Gasteiger partial charge in [0.1, 0.15) is 0 Å². The summed E-state index contributed by atoms with van der Waals surface area (Å²) in [7, 11) is -3.59. The zero-order chi connectivity index (χ0) is 21.0. The number of anilines is 1. The summed E-state index contributed by atoms with van der Waals surface area (Å²) >= 11 is 1.33. The average molecular weight is 433 g/mol. The van der Waals surface area contributed by atoms with Crippen molar-refractivity contribution < 1.29 is 18.0 Å².